The monoisotopic (exact) mass is 420 g/mol. The summed E-state index contributed by atoms with van der Waals surface area (Å²) in [5.41, 5.74) is 2.48. The van der Waals surface area contributed by atoms with Crippen molar-refractivity contribution in [2.75, 3.05) is 18.0 Å². The number of nitrogens with one attached hydrogen (secondary N) is 1. The summed E-state index contributed by atoms with van der Waals surface area (Å²) in [7, 11) is 0. The lowest BCUT2D eigenvalue weighted by molar-refractivity contribution is -0.00539. The molecule has 4 rings (SSSR count). The van der Waals surface area contributed by atoms with E-state index < -0.39 is 0 Å². The predicted molar refractivity (Wildman–Crippen MR) is 117 cm³/mol. The van der Waals surface area contributed by atoms with Gasteiger partial charge >= 0.3 is 0 Å². The molecule has 1 N–H and O–H groups in total. The quantitative estimate of drug-likeness (QED) is 0.680. The lowest BCUT2D eigenvalue weighted by Gasteiger charge is -2.37. The van der Waals surface area contributed by atoms with Crippen molar-refractivity contribution in [3.05, 3.63) is 77.9 Å². The molecule has 0 spiro atoms. The fraction of sp³-hybridized carbons (Fsp3) is 0.292. The maximum atomic E-state index is 14.7. The molecule has 2 heterocycles. The van der Waals surface area contributed by atoms with Gasteiger partial charge in [0.05, 0.1) is 23.5 Å². The molecule has 1 saturated heterocycles. The zero-order chi connectivity index (χ0) is 21.8. The van der Waals surface area contributed by atoms with Crippen LogP contribution in [0, 0.1) is 5.82 Å². The van der Waals surface area contributed by atoms with E-state index in [0.29, 0.717) is 35.7 Å². The molecule has 0 saturated carbocycles. The smallest absolute Gasteiger partial charge is 0.254 e. The minimum absolute atomic E-state index is 0.0533. The summed E-state index contributed by atoms with van der Waals surface area (Å²) in [6.07, 6.45) is 3.10. The van der Waals surface area contributed by atoms with Gasteiger partial charge in [-0.3, -0.25) is 4.79 Å². The van der Waals surface area contributed by atoms with Crippen LogP contribution < -0.4 is 10.2 Å². The molecule has 2 unspecified atom stereocenters. The van der Waals surface area contributed by atoms with Gasteiger partial charge in [-0.1, -0.05) is 36.4 Å². The predicted octanol–water partition coefficient (Wildman–Crippen LogP) is 3.83. The Hall–Kier alpha value is -3.32. The Kier molecular flexibility index (Phi) is 6.23. The second kappa shape index (κ2) is 9.22. The topological polar surface area (TPSA) is 67.4 Å². The highest BCUT2D eigenvalue weighted by atomic mass is 19.1. The maximum absolute atomic E-state index is 14.7. The molecule has 1 aromatic heterocycles. The number of carbonyl (C=O) groups is 1. The summed E-state index contributed by atoms with van der Waals surface area (Å²) >= 11 is 0. The van der Waals surface area contributed by atoms with Crippen molar-refractivity contribution in [2.45, 2.75) is 32.6 Å². The van der Waals surface area contributed by atoms with Crippen LogP contribution >= 0.6 is 0 Å². The van der Waals surface area contributed by atoms with Crippen LogP contribution in [-0.2, 0) is 11.3 Å². The fourth-order valence-electron chi connectivity index (χ4n) is 3.76. The van der Waals surface area contributed by atoms with Gasteiger partial charge in [0.1, 0.15) is 5.82 Å². The van der Waals surface area contributed by atoms with Gasteiger partial charge in [0.15, 0.2) is 5.82 Å². The molecule has 0 bridgehead atoms. The average Bonchev–Trinajstić information content (AvgIpc) is 2.77. The molecule has 1 aliphatic heterocycles. The van der Waals surface area contributed by atoms with E-state index in [4.69, 9.17) is 4.74 Å². The Bertz CT molecular complexity index is 1030. The molecule has 1 aliphatic rings. The largest absolute Gasteiger partial charge is 0.372 e. The van der Waals surface area contributed by atoms with Crippen LogP contribution in [0.15, 0.2) is 60.9 Å². The van der Waals surface area contributed by atoms with Crippen molar-refractivity contribution < 1.29 is 13.9 Å². The molecule has 0 aliphatic carbocycles. The van der Waals surface area contributed by atoms with Gasteiger partial charge in [-0.15, -0.1) is 0 Å². The van der Waals surface area contributed by atoms with Crippen LogP contribution in [0.25, 0.3) is 11.4 Å². The number of morpholine rings is 1. The Labute approximate surface area is 181 Å². The molecule has 1 fully saturated rings. The van der Waals surface area contributed by atoms with Gasteiger partial charge in [0, 0.05) is 37.6 Å². The van der Waals surface area contributed by atoms with Crippen molar-refractivity contribution in [3.63, 3.8) is 0 Å². The Morgan fingerprint density at radius 2 is 1.77 bits per heavy atom. The lowest BCUT2D eigenvalue weighted by Crippen LogP contribution is -2.45. The molecule has 0 radical (unpaired) electrons. The summed E-state index contributed by atoms with van der Waals surface area (Å²) in [6, 6.07) is 14.6. The number of anilines is 1. The maximum Gasteiger partial charge on any atom is 0.254 e. The van der Waals surface area contributed by atoms with Crippen molar-refractivity contribution in [1.82, 2.24) is 15.3 Å². The summed E-state index contributed by atoms with van der Waals surface area (Å²) in [6.45, 7) is 5.49. The number of ether oxygens (including phenoxy) is 1. The summed E-state index contributed by atoms with van der Waals surface area (Å²) in [4.78, 5) is 23.0. The summed E-state index contributed by atoms with van der Waals surface area (Å²) in [5.74, 6) is -0.0509. The minimum Gasteiger partial charge on any atom is -0.372 e. The van der Waals surface area contributed by atoms with Gasteiger partial charge < -0.3 is 15.0 Å². The number of hydrogen-bond acceptors (Lipinski definition) is 5. The Morgan fingerprint density at radius 1 is 1.10 bits per heavy atom. The van der Waals surface area contributed by atoms with Gasteiger partial charge in [0.2, 0.25) is 0 Å². The number of nitrogens with zero attached hydrogens (tertiary/aromatic N) is 3. The molecule has 3 aromatic rings. The first kappa shape index (κ1) is 20.9. The molecule has 6 nitrogen and oxygen atoms in total. The zero-order valence-electron chi connectivity index (χ0n) is 17.6. The van der Waals surface area contributed by atoms with Gasteiger partial charge in [-0.25, -0.2) is 14.4 Å². The molecule has 1 amide bonds. The van der Waals surface area contributed by atoms with E-state index in [2.05, 4.69) is 15.3 Å². The highest BCUT2D eigenvalue weighted by Crippen LogP contribution is 2.24. The Morgan fingerprint density at radius 3 is 2.42 bits per heavy atom. The number of carbonyl (C=O) groups excluding carboxylic acids is 1. The third kappa shape index (κ3) is 5.06. The number of amides is 1. The molecule has 2 atom stereocenters. The second-order valence-corrected chi connectivity index (χ2v) is 7.79. The second-order valence-electron chi connectivity index (χ2n) is 7.79. The van der Waals surface area contributed by atoms with E-state index in [9.17, 15) is 9.18 Å². The molecule has 2 aromatic carbocycles. The Balaban J connectivity index is 1.38. The standard InChI is InChI=1S/C24H25FN4O2/c1-16-14-29(15-17(2)31-16)22-9-8-18(10-21(22)25)11-28-24(30)20-12-26-23(27-13-20)19-6-4-3-5-7-19/h3-10,12-13,16-17H,11,14-15H2,1-2H3,(H,28,30). The average molecular weight is 420 g/mol. The third-order valence-electron chi connectivity index (χ3n) is 5.17. The SMILES string of the molecule is CC1CN(c2ccc(CNC(=O)c3cnc(-c4ccccc4)nc3)cc2F)CC(C)O1. The highest BCUT2D eigenvalue weighted by molar-refractivity contribution is 5.93. The number of aromatic nitrogens is 2. The minimum atomic E-state index is -0.306. The zero-order valence-corrected chi connectivity index (χ0v) is 17.6. The van der Waals surface area contributed by atoms with Crippen molar-refractivity contribution >= 4 is 11.6 Å². The number of rotatable bonds is 5. The van der Waals surface area contributed by atoms with Crippen molar-refractivity contribution in [1.29, 1.82) is 0 Å². The van der Waals surface area contributed by atoms with E-state index in [0.717, 1.165) is 5.56 Å². The normalized spacial score (nSPS) is 18.6. The van der Waals surface area contributed by atoms with Crippen molar-refractivity contribution in [2.24, 2.45) is 0 Å². The first-order valence-electron chi connectivity index (χ1n) is 10.3. The van der Waals surface area contributed by atoms with Crippen LogP contribution in [0.5, 0.6) is 0 Å². The van der Waals surface area contributed by atoms with Crippen LogP contribution in [0.1, 0.15) is 29.8 Å². The summed E-state index contributed by atoms with van der Waals surface area (Å²) in [5, 5.41) is 2.80. The lowest BCUT2D eigenvalue weighted by atomic mass is 10.1. The third-order valence-corrected chi connectivity index (χ3v) is 5.17. The van der Waals surface area contributed by atoms with E-state index in [1.165, 1.54) is 18.5 Å². The van der Waals surface area contributed by atoms with Crippen LogP contribution in [0.2, 0.25) is 0 Å². The molecule has 160 valence electrons. The first-order chi connectivity index (χ1) is 15.0. The molecule has 7 heteroatoms. The van der Waals surface area contributed by atoms with Gasteiger partial charge in [-0.05, 0) is 31.5 Å². The van der Waals surface area contributed by atoms with E-state index >= 15 is 0 Å². The van der Waals surface area contributed by atoms with Crippen molar-refractivity contribution in [3.8, 4) is 11.4 Å². The van der Waals surface area contributed by atoms with Crippen LogP contribution in [0.3, 0.4) is 0 Å². The van der Waals surface area contributed by atoms with E-state index in [1.807, 2.05) is 55.1 Å². The van der Waals surface area contributed by atoms with Crippen LogP contribution in [-0.4, -0.2) is 41.2 Å². The summed E-state index contributed by atoms with van der Waals surface area (Å²) < 4.78 is 20.4. The molecular formula is C24H25FN4O2. The molecule has 31 heavy (non-hydrogen) atoms. The van der Waals surface area contributed by atoms with Gasteiger partial charge in [0.25, 0.3) is 5.91 Å². The first-order valence-corrected chi connectivity index (χ1v) is 10.3. The van der Waals surface area contributed by atoms with Crippen LogP contribution in [0.4, 0.5) is 10.1 Å². The molecular weight excluding hydrogens is 395 g/mol. The van der Waals surface area contributed by atoms with E-state index in [-0.39, 0.29) is 30.5 Å². The number of hydrogen-bond donors (Lipinski definition) is 1. The van der Waals surface area contributed by atoms with Gasteiger partial charge in [-0.2, -0.15) is 0 Å². The van der Waals surface area contributed by atoms with E-state index in [1.54, 1.807) is 6.07 Å². The number of benzene rings is 2. The number of halogens is 1. The fourth-order valence-corrected chi connectivity index (χ4v) is 3.76. The highest BCUT2D eigenvalue weighted by Gasteiger charge is 2.24.